The average molecular weight is 453 g/mol. The van der Waals surface area contributed by atoms with Crippen LogP contribution in [-0.4, -0.2) is 52.7 Å². The monoisotopic (exact) mass is 452 g/mol. The summed E-state index contributed by atoms with van der Waals surface area (Å²) in [5, 5.41) is 4.85. The van der Waals surface area contributed by atoms with Gasteiger partial charge in [0.2, 0.25) is 0 Å². The number of thiocarbonyl (C=S) groups is 1. The summed E-state index contributed by atoms with van der Waals surface area (Å²) in [4.78, 5) is 20.2. The third-order valence-electron chi connectivity index (χ3n) is 5.46. The van der Waals surface area contributed by atoms with Gasteiger partial charge in [-0.2, -0.15) is 0 Å². The molecule has 0 saturated carbocycles. The molecule has 6 nitrogen and oxygen atoms in total. The molecule has 1 aromatic heterocycles. The highest BCUT2D eigenvalue weighted by Crippen LogP contribution is 2.20. The highest BCUT2D eigenvalue weighted by molar-refractivity contribution is 7.80. The first-order valence-corrected chi connectivity index (χ1v) is 11.6. The zero-order chi connectivity index (χ0) is 22.9. The van der Waals surface area contributed by atoms with Gasteiger partial charge in [-0.25, -0.2) is 0 Å². The van der Waals surface area contributed by atoms with Crippen molar-refractivity contribution in [1.82, 2.24) is 14.8 Å². The Morgan fingerprint density at radius 2 is 1.78 bits per heavy atom. The van der Waals surface area contributed by atoms with Crippen molar-refractivity contribution in [2.75, 3.05) is 38.1 Å². The first kappa shape index (κ1) is 23.8. The summed E-state index contributed by atoms with van der Waals surface area (Å²) in [6, 6.07) is 17.5. The van der Waals surface area contributed by atoms with Gasteiger partial charge in [0.05, 0.1) is 13.2 Å². The molecule has 2 N–H and O–H groups in total. The molecular formula is C25H32N4O2S. The lowest BCUT2D eigenvalue weighted by Gasteiger charge is -2.29. The number of hydrogen-bond donors (Lipinski definition) is 2. The lowest BCUT2D eigenvalue weighted by molar-refractivity contribution is 0.266. The fraction of sp³-hybridized carbons (Fsp3) is 0.360. The number of H-pyrrole nitrogens is 1. The maximum atomic E-state index is 12.8. The number of rotatable bonds is 10. The molecule has 0 saturated heterocycles. The summed E-state index contributed by atoms with van der Waals surface area (Å²) >= 11 is 5.74. The largest absolute Gasteiger partial charge is 0.494 e. The second kappa shape index (κ2) is 11.6. The fourth-order valence-electron chi connectivity index (χ4n) is 3.59. The molecular weight excluding hydrogens is 420 g/mol. The van der Waals surface area contributed by atoms with Crippen LogP contribution in [0, 0.1) is 0 Å². The molecule has 0 fully saturated rings. The van der Waals surface area contributed by atoms with Gasteiger partial charge in [0.25, 0.3) is 5.56 Å². The first-order valence-electron chi connectivity index (χ1n) is 11.2. The number of benzene rings is 2. The summed E-state index contributed by atoms with van der Waals surface area (Å²) in [6.07, 6.45) is 0. The molecule has 7 heteroatoms. The maximum absolute atomic E-state index is 12.8. The van der Waals surface area contributed by atoms with E-state index in [-0.39, 0.29) is 5.56 Å². The van der Waals surface area contributed by atoms with Crippen LogP contribution in [0.25, 0.3) is 10.9 Å². The molecule has 0 amide bonds. The van der Waals surface area contributed by atoms with Gasteiger partial charge in [-0.05, 0) is 68.6 Å². The molecule has 0 aliphatic rings. The van der Waals surface area contributed by atoms with Crippen LogP contribution in [-0.2, 0) is 6.54 Å². The van der Waals surface area contributed by atoms with Crippen LogP contribution in [0.4, 0.5) is 5.69 Å². The average Bonchev–Trinajstić information content (AvgIpc) is 2.80. The normalized spacial score (nSPS) is 11.0. The molecule has 0 bridgehead atoms. The summed E-state index contributed by atoms with van der Waals surface area (Å²) in [5.41, 5.74) is 2.29. The molecule has 3 rings (SSSR count). The van der Waals surface area contributed by atoms with E-state index in [9.17, 15) is 4.79 Å². The molecule has 2 aromatic carbocycles. The predicted octanol–water partition coefficient (Wildman–Crippen LogP) is 4.47. The Balaban J connectivity index is 1.86. The molecule has 0 unspecified atom stereocenters. The number of anilines is 1. The van der Waals surface area contributed by atoms with Crippen molar-refractivity contribution >= 4 is 33.9 Å². The van der Waals surface area contributed by atoms with E-state index in [1.54, 1.807) is 0 Å². The molecule has 3 aromatic rings. The highest BCUT2D eigenvalue weighted by Gasteiger charge is 2.15. The van der Waals surface area contributed by atoms with E-state index < -0.39 is 0 Å². The number of nitrogens with zero attached hydrogens (tertiary/aromatic N) is 2. The smallest absolute Gasteiger partial charge is 0.253 e. The molecule has 0 spiro atoms. The Morgan fingerprint density at radius 1 is 1.03 bits per heavy atom. The topological polar surface area (TPSA) is 60.6 Å². The second-order valence-corrected chi connectivity index (χ2v) is 7.94. The number of nitrogens with one attached hydrogen (secondary N) is 2. The van der Waals surface area contributed by atoms with Gasteiger partial charge < -0.3 is 24.8 Å². The summed E-state index contributed by atoms with van der Waals surface area (Å²) in [5.74, 6) is 0.789. The zero-order valence-corrected chi connectivity index (χ0v) is 19.9. The first-order chi connectivity index (χ1) is 15.5. The van der Waals surface area contributed by atoms with E-state index in [2.05, 4.69) is 33.9 Å². The van der Waals surface area contributed by atoms with Gasteiger partial charge in [0.1, 0.15) is 5.75 Å². The number of ether oxygens (including phenoxy) is 1. The minimum absolute atomic E-state index is 0.1000. The lowest BCUT2D eigenvalue weighted by atomic mass is 10.1. The van der Waals surface area contributed by atoms with Gasteiger partial charge in [0, 0.05) is 35.2 Å². The van der Waals surface area contributed by atoms with Crippen LogP contribution in [0.15, 0.2) is 59.4 Å². The van der Waals surface area contributed by atoms with Crippen molar-refractivity contribution in [3.8, 4) is 5.75 Å². The Labute approximate surface area is 195 Å². The van der Waals surface area contributed by atoms with E-state index in [0.29, 0.717) is 23.8 Å². The van der Waals surface area contributed by atoms with E-state index in [4.69, 9.17) is 17.0 Å². The standard InChI is InChI=1S/C25H32N4O2S/c1-4-28(5-2)14-15-29(25(32)26-21-10-8-7-9-11-21)18-20-16-19-17-22(31-6-3)12-13-23(19)27-24(20)30/h7-13,16-17H,4-6,14-15,18H2,1-3H3,(H,26,32)(H,27,30). The van der Waals surface area contributed by atoms with Gasteiger partial charge in [-0.1, -0.05) is 32.0 Å². The number of likely N-dealkylation sites (N-methyl/N-ethyl adjacent to an activating group) is 1. The van der Waals surface area contributed by atoms with E-state index in [0.717, 1.165) is 48.5 Å². The SMILES string of the molecule is CCOc1ccc2[nH]c(=O)c(CN(CCN(CC)CC)C(=S)Nc3ccccc3)cc2c1. The Morgan fingerprint density at radius 3 is 2.47 bits per heavy atom. The van der Waals surface area contributed by atoms with Crippen LogP contribution < -0.4 is 15.6 Å². The number of aromatic nitrogens is 1. The van der Waals surface area contributed by atoms with Crippen molar-refractivity contribution in [3.05, 3.63) is 70.5 Å². The maximum Gasteiger partial charge on any atom is 0.253 e. The van der Waals surface area contributed by atoms with Crippen LogP contribution in [0.1, 0.15) is 26.3 Å². The van der Waals surface area contributed by atoms with Crippen molar-refractivity contribution in [2.24, 2.45) is 0 Å². The molecule has 0 atom stereocenters. The number of para-hydroxylation sites is 1. The molecule has 0 radical (unpaired) electrons. The number of fused-ring (bicyclic) bond motifs is 1. The van der Waals surface area contributed by atoms with E-state index >= 15 is 0 Å². The Hall–Kier alpha value is -2.90. The fourth-order valence-corrected chi connectivity index (χ4v) is 3.86. The summed E-state index contributed by atoms with van der Waals surface area (Å²) in [6.45, 7) is 10.8. The number of aromatic amines is 1. The van der Waals surface area contributed by atoms with Crippen LogP contribution in [0.5, 0.6) is 5.75 Å². The number of pyridine rings is 1. The van der Waals surface area contributed by atoms with Crippen molar-refractivity contribution in [2.45, 2.75) is 27.3 Å². The quantitative estimate of drug-likeness (QED) is 0.443. The zero-order valence-electron chi connectivity index (χ0n) is 19.1. The van der Waals surface area contributed by atoms with Crippen molar-refractivity contribution in [3.63, 3.8) is 0 Å². The third kappa shape index (κ3) is 6.31. The molecule has 0 aliphatic heterocycles. The van der Waals surface area contributed by atoms with Crippen molar-refractivity contribution < 1.29 is 4.74 Å². The van der Waals surface area contributed by atoms with Gasteiger partial charge >= 0.3 is 0 Å². The van der Waals surface area contributed by atoms with Crippen molar-refractivity contribution in [1.29, 1.82) is 0 Å². The van der Waals surface area contributed by atoms with Crippen LogP contribution >= 0.6 is 12.2 Å². The Bertz CT molecular complexity index is 1080. The van der Waals surface area contributed by atoms with Gasteiger partial charge in [0.15, 0.2) is 5.11 Å². The molecule has 170 valence electrons. The number of hydrogen-bond acceptors (Lipinski definition) is 4. The second-order valence-electron chi connectivity index (χ2n) is 7.55. The van der Waals surface area contributed by atoms with Crippen LogP contribution in [0.3, 0.4) is 0 Å². The highest BCUT2D eigenvalue weighted by atomic mass is 32.1. The van der Waals surface area contributed by atoms with E-state index in [1.165, 1.54) is 0 Å². The van der Waals surface area contributed by atoms with Gasteiger partial charge in [-0.3, -0.25) is 4.79 Å². The summed E-state index contributed by atoms with van der Waals surface area (Å²) in [7, 11) is 0. The predicted molar refractivity (Wildman–Crippen MR) is 137 cm³/mol. The molecule has 32 heavy (non-hydrogen) atoms. The van der Waals surface area contributed by atoms with Crippen LogP contribution in [0.2, 0.25) is 0 Å². The minimum Gasteiger partial charge on any atom is -0.494 e. The lowest BCUT2D eigenvalue weighted by Crippen LogP contribution is -2.41. The third-order valence-corrected chi connectivity index (χ3v) is 5.82. The summed E-state index contributed by atoms with van der Waals surface area (Å²) < 4.78 is 5.62. The minimum atomic E-state index is -0.1000. The Kier molecular flexibility index (Phi) is 8.64. The van der Waals surface area contributed by atoms with Gasteiger partial charge in [-0.15, -0.1) is 0 Å². The van der Waals surface area contributed by atoms with E-state index in [1.807, 2.05) is 61.5 Å². The molecule has 1 heterocycles. The molecule has 0 aliphatic carbocycles.